The van der Waals surface area contributed by atoms with Crippen molar-refractivity contribution < 1.29 is 9.84 Å². The first kappa shape index (κ1) is 13.9. The Morgan fingerprint density at radius 3 is 2.14 bits per heavy atom. The molecular weight excluding hydrogens is 178 g/mol. The summed E-state index contributed by atoms with van der Waals surface area (Å²) < 4.78 is 5.37. The normalized spacial score (nSPS) is 13.9. The molecule has 1 unspecified atom stereocenters. The summed E-state index contributed by atoms with van der Waals surface area (Å²) in [6.07, 6.45) is -0.353. The lowest BCUT2D eigenvalue weighted by Crippen LogP contribution is -2.34. The first-order valence-corrected chi connectivity index (χ1v) is 5.58. The average molecular weight is 203 g/mol. The van der Waals surface area contributed by atoms with E-state index in [1.807, 2.05) is 0 Å². The Balaban J connectivity index is 3.48. The van der Waals surface area contributed by atoms with Gasteiger partial charge in [-0.25, -0.2) is 0 Å². The van der Waals surface area contributed by atoms with Crippen LogP contribution in [0.5, 0.6) is 0 Å². The number of ether oxygens (including phenoxy) is 1. The van der Waals surface area contributed by atoms with E-state index in [0.29, 0.717) is 19.1 Å². The van der Waals surface area contributed by atoms with Crippen LogP contribution in [-0.2, 0) is 4.74 Å². The number of aliphatic hydroxyl groups is 1. The summed E-state index contributed by atoms with van der Waals surface area (Å²) in [5, 5.41) is 9.63. The quantitative estimate of drug-likeness (QED) is 0.646. The van der Waals surface area contributed by atoms with Gasteiger partial charge in [0, 0.05) is 13.2 Å². The molecule has 0 spiro atoms. The van der Waals surface area contributed by atoms with Crippen molar-refractivity contribution in [2.75, 3.05) is 32.8 Å². The van der Waals surface area contributed by atoms with Crippen LogP contribution in [0.2, 0.25) is 0 Å². The van der Waals surface area contributed by atoms with Crippen LogP contribution in [-0.4, -0.2) is 49.0 Å². The molecular formula is C11H25NO2. The number of hydrogen-bond acceptors (Lipinski definition) is 3. The zero-order valence-corrected chi connectivity index (χ0v) is 9.99. The molecule has 0 amide bonds. The van der Waals surface area contributed by atoms with Crippen LogP contribution in [0.3, 0.4) is 0 Å². The fourth-order valence-electron chi connectivity index (χ4n) is 1.27. The Kier molecular flexibility index (Phi) is 8.14. The lowest BCUT2D eigenvalue weighted by atomic mass is 10.2. The first-order chi connectivity index (χ1) is 6.60. The molecule has 0 aromatic carbocycles. The van der Waals surface area contributed by atoms with Crippen LogP contribution < -0.4 is 0 Å². The molecule has 0 saturated carbocycles. The van der Waals surface area contributed by atoms with Crippen LogP contribution in [0.1, 0.15) is 27.7 Å². The second-order valence-corrected chi connectivity index (χ2v) is 4.07. The third-order valence-electron chi connectivity index (χ3n) is 2.12. The maximum absolute atomic E-state index is 9.63. The SMILES string of the molecule is CCN(CC)CC(O)COCC(C)C. The van der Waals surface area contributed by atoms with E-state index in [2.05, 4.69) is 32.6 Å². The molecule has 0 bridgehead atoms. The number of hydrogen-bond donors (Lipinski definition) is 1. The second kappa shape index (κ2) is 8.21. The Morgan fingerprint density at radius 2 is 1.71 bits per heavy atom. The molecule has 0 aliphatic rings. The lowest BCUT2D eigenvalue weighted by molar-refractivity contribution is 0.00965. The average Bonchev–Trinajstić information content (AvgIpc) is 2.13. The van der Waals surface area contributed by atoms with Gasteiger partial charge in [-0.3, -0.25) is 0 Å². The van der Waals surface area contributed by atoms with Crippen molar-refractivity contribution in [2.24, 2.45) is 5.92 Å². The standard InChI is InChI=1S/C11H25NO2/c1-5-12(6-2)7-11(13)9-14-8-10(3)4/h10-11,13H,5-9H2,1-4H3. The fourth-order valence-corrected chi connectivity index (χ4v) is 1.27. The van der Waals surface area contributed by atoms with Crippen LogP contribution >= 0.6 is 0 Å². The molecule has 3 nitrogen and oxygen atoms in total. The van der Waals surface area contributed by atoms with Crippen LogP contribution in [0.15, 0.2) is 0 Å². The van der Waals surface area contributed by atoms with Gasteiger partial charge in [0.05, 0.1) is 12.7 Å². The van der Waals surface area contributed by atoms with Gasteiger partial charge in [0.15, 0.2) is 0 Å². The summed E-state index contributed by atoms with van der Waals surface area (Å²) in [5.74, 6) is 0.538. The van der Waals surface area contributed by atoms with Crippen molar-refractivity contribution in [2.45, 2.75) is 33.8 Å². The first-order valence-electron chi connectivity index (χ1n) is 5.58. The lowest BCUT2D eigenvalue weighted by Gasteiger charge is -2.21. The van der Waals surface area contributed by atoms with E-state index >= 15 is 0 Å². The number of rotatable bonds is 8. The molecule has 0 saturated heterocycles. The molecule has 0 aliphatic heterocycles. The smallest absolute Gasteiger partial charge is 0.0900 e. The van der Waals surface area contributed by atoms with Gasteiger partial charge in [-0.1, -0.05) is 27.7 Å². The second-order valence-electron chi connectivity index (χ2n) is 4.07. The molecule has 0 aromatic rings. The van der Waals surface area contributed by atoms with E-state index in [4.69, 9.17) is 4.74 Å². The molecule has 1 N–H and O–H groups in total. The van der Waals surface area contributed by atoms with E-state index in [1.165, 1.54) is 0 Å². The van der Waals surface area contributed by atoms with Crippen molar-refractivity contribution in [1.29, 1.82) is 0 Å². The molecule has 1 atom stereocenters. The monoisotopic (exact) mass is 203 g/mol. The Labute approximate surface area is 88.1 Å². The molecule has 0 heterocycles. The minimum atomic E-state index is -0.353. The van der Waals surface area contributed by atoms with Crippen LogP contribution in [0.25, 0.3) is 0 Å². The highest BCUT2D eigenvalue weighted by atomic mass is 16.5. The molecule has 0 radical (unpaired) electrons. The van der Waals surface area contributed by atoms with Gasteiger partial charge in [0.1, 0.15) is 0 Å². The molecule has 14 heavy (non-hydrogen) atoms. The van der Waals surface area contributed by atoms with E-state index < -0.39 is 0 Å². The maximum atomic E-state index is 9.63. The molecule has 3 heteroatoms. The summed E-state index contributed by atoms with van der Waals surface area (Å²) in [4.78, 5) is 2.20. The highest BCUT2D eigenvalue weighted by molar-refractivity contribution is 4.61. The summed E-state index contributed by atoms with van der Waals surface area (Å²) in [5.41, 5.74) is 0. The zero-order valence-electron chi connectivity index (χ0n) is 9.99. The van der Waals surface area contributed by atoms with E-state index in [9.17, 15) is 5.11 Å². The highest BCUT2D eigenvalue weighted by Crippen LogP contribution is 1.96. The largest absolute Gasteiger partial charge is 0.389 e. The van der Waals surface area contributed by atoms with Crippen molar-refractivity contribution in [1.82, 2.24) is 4.90 Å². The summed E-state index contributed by atoms with van der Waals surface area (Å²) in [6.45, 7) is 12.3. The molecule has 0 rings (SSSR count). The summed E-state index contributed by atoms with van der Waals surface area (Å²) in [7, 11) is 0. The predicted octanol–water partition coefficient (Wildman–Crippen LogP) is 1.36. The van der Waals surface area contributed by atoms with Gasteiger partial charge in [-0.2, -0.15) is 0 Å². The van der Waals surface area contributed by atoms with Crippen molar-refractivity contribution in [3.8, 4) is 0 Å². The number of nitrogens with zero attached hydrogens (tertiary/aromatic N) is 1. The maximum Gasteiger partial charge on any atom is 0.0900 e. The topological polar surface area (TPSA) is 32.7 Å². The Morgan fingerprint density at radius 1 is 1.14 bits per heavy atom. The van der Waals surface area contributed by atoms with Crippen molar-refractivity contribution in [3.63, 3.8) is 0 Å². The highest BCUT2D eigenvalue weighted by Gasteiger charge is 2.08. The minimum absolute atomic E-state index is 0.353. The van der Waals surface area contributed by atoms with Gasteiger partial charge in [-0.05, 0) is 19.0 Å². The van der Waals surface area contributed by atoms with Crippen molar-refractivity contribution in [3.05, 3.63) is 0 Å². The third kappa shape index (κ3) is 7.30. The molecule has 0 aromatic heterocycles. The van der Waals surface area contributed by atoms with Gasteiger partial charge in [-0.15, -0.1) is 0 Å². The van der Waals surface area contributed by atoms with Gasteiger partial charge < -0.3 is 14.7 Å². The molecule has 0 fully saturated rings. The van der Waals surface area contributed by atoms with E-state index in [-0.39, 0.29) is 6.10 Å². The Hall–Kier alpha value is -0.120. The fraction of sp³-hybridized carbons (Fsp3) is 1.00. The van der Waals surface area contributed by atoms with Gasteiger partial charge >= 0.3 is 0 Å². The number of aliphatic hydroxyl groups excluding tert-OH is 1. The predicted molar refractivity (Wildman–Crippen MR) is 59.5 cm³/mol. The summed E-state index contributed by atoms with van der Waals surface area (Å²) >= 11 is 0. The summed E-state index contributed by atoms with van der Waals surface area (Å²) in [6, 6.07) is 0. The van der Waals surface area contributed by atoms with Gasteiger partial charge in [0.2, 0.25) is 0 Å². The number of likely N-dealkylation sites (N-methyl/N-ethyl adjacent to an activating group) is 1. The molecule has 0 aliphatic carbocycles. The van der Waals surface area contributed by atoms with Crippen LogP contribution in [0.4, 0.5) is 0 Å². The van der Waals surface area contributed by atoms with Crippen molar-refractivity contribution >= 4 is 0 Å². The van der Waals surface area contributed by atoms with E-state index in [1.54, 1.807) is 0 Å². The minimum Gasteiger partial charge on any atom is -0.389 e. The van der Waals surface area contributed by atoms with Crippen LogP contribution in [0, 0.1) is 5.92 Å². The third-order valence-corrected chi connectivity index (χ3v) is 2.12. The Bertz CT molecular complexity index is 124. The van der Waals surface area contributed by atoms with Gasteiger partial charge in [0.25, 0.3) is 0 Å². The zero-order chi connectivity index (χ0) is 11.0. The van der Waals surface area contributed by atoms with E-state index in [0.717, 1.165) is 19.7 Å². The molecule has 86 valence electrons.